The minimum Gasteiger partial charge on any atom is -0.481 e. The summed E-state index contributed by atoms with van der Waals surface area (Å²) in [6.07, 6.45) is -0.535. The van der Waals surface area contributed by atoms with E-state index in [1.54, 1.807) is 6.92 Å². The van der Waals surface area contributed by atoms with Gasteiger partial charge in [-0.05, 0) is 42.7 Å². The highest BCUT2D eigenvalue weighted by Crippen LogP contribution is 2.14. The summed E-state index contributed by atoms with van der Waals surface area (Å²) < 4.78 is 11.1. The number of nitrogens with one attached hydrogen (secondary N) is 1. The van der Waals surface area contributed by atoms with Gasteiger partial charge in [0.15, 0.2) is 6.10 Å². The molecule has 1 aliphatic rings. The Balaban J connectivity index is 1.45. The van der Waals surface area contributed by atoms with E-state index in [-0.39, 0.29) is 5.91 Å². The van der Waals surface area contributed by atoms with Gasteiger partial charge in [-0.2, -0.15) is 0 Å². The Bertz CT molecular complexity index is 739. The van der Waals surface area contributed by atoms with Crippen molar-refractivity contribution in [2.75, 3.05) is 26.3 Å². The van der Waals surface area contributed by atoms with Crippen LogP contribution in [-0.4, -0.2) is 43.2 Å². The SMILES string of the molecule is Cc1cccc(O[C@H](C)C(=O)NCc2ccc(CN3CCOCC3)cc2)c1. The number of rotatable bonds is 7. The highest BCUT2D eigenvalue weighted by atomic mass is 16.5. The monoisotopic (exact) mass is 368 g/mol. The van der Waals surface area contributed by atoms with Crippen molar-refractivity contribution in [3.63, 3.8) is 0 Å². The van der Waals surface area contributed by atoms with Gasteiger partial charge in [0.1, 0.15) is 5.75 Å². The maximum atomic E-state index is 12.3. The Hall–Kier alpha value is -2.37. The standard InChI is InChI=1S/C22H28N2O3/c1-17-4-3-5-21(14-17)27-18(2)22(25)23-15-19-6-8-20(9-7-19)16-24-10-12-26-13-11-24/h3-9,14,18H,10-13,15-16H2,1-2H3,(H,23,25)/t18-/m1/s1. The maximum Gasteiger partial charge on any atom is 0.261 e. The fourth-order valence-electron chi connectivity index (χ4n) is 3.06. The third-order valence-corrected chi connectivity index (χ3v) is 4.67. The molecular formula is C22H28N2O3. The first kappa shape index (κ1) is 19.4. The van der Waals surface area contributed by atoms with Crippen LogP contribution in [0.1, 0.15) is 23.6 Å². The zero-order valence-electron chi connectivity index (χ0n) is 16.1. The number of benzene rings is 2. The molecule has 0 aliphatic carbocycles. The molecule has 1 amide bonds. The van der Waals surface area contributed by atoms with E-state index in [1.807, 2.05) is 31.2 Å². The van der Waals surface area contributed by atoms with Gasteiger partial charge in [0.05, 0.1) is 13.2 Å². The summed E-state index contributed by atoms with van der Waals surface area (Å²) in [5.41, 5.74) is 3.47. The third-order valence-electron chi connectivity index (χ3n) is 4.67. The van der Waals surface area contributed by atoms with E-state index in [2.05, 4.69) is 34.5 Å². The second-order valence-electron chi connectivity index (χ2n) is 7.00. The lowest BCUT2D eigenvalue weighted by molar-refractivity contribution is -0.127. The number of morpholine rings is 1. The van der Waals surface area contributed by atoms with E-state index in [0.29, 0.717) is 12.3 Å². The van der Waals surface area contributed by atoms with Gasteiger partial charge in [-0.15, -0.1) is 0 Å². The van der Waals surface area contributed by atoms with Gasteiger partial charge in [-0.1, -0.05) is 36.4 Å². The Labute approximate surface area is 161 Å². The Morgan fingerprint density at radius 3 is 2.56 bits per heavy atom. The molecule has 0 radical (unpaired) electrons. The molecule has 2 aromatic rings. The first-order valence-electron chi connectivity index (χ1n) is 9.49. The molecule has 0 unspecified atom stereocenters. The predicted octanol–water partition coefficient (Wildman–Crippen LogP) is 2.91. The van der Waals surface area contributed by atoms with Gasteiger partial charge in [-0.25, -0.2) is 0 Å². The van der Waals surface area contributed by atoms with Crippen LogP contribution in [0.25, 0.3) is 0 Å². The average Bonchev–Trinajstić information content (AvgIpc) is 2.68. The van der Waals surface area contributed by atoms with Crippen molar-refractivity contribution in [1.82, 2.24) is 10.2 Å². The van der Waals surface area contributed by atoms with E-state index in [0.717, 1.165) is 44.0 Å². The normalized spacial score (nSPS) is 15.9. The van der Waals surface area contributed by atoms with Gasteiger partial charge in [0.2, 0.25) is 0 Å². The van der Waals surface area contributed by atoms with Gasteiger partial charge in [0.25, 0.3) is 5.91 Å². The Morgan fingerprint density at radius 2 is 1.85 bits per heavy atom. The summed E-state index contributed by atoms with van der Waals surface area (Å²) in [4.78, 5) is 14.7. The molecule has 2 aromatic carbocycles. The zero-order chi connectivity index (χ0) is 19.1. The van der Waals surface area contributed by atoms with Crippen LogP contribution >= 0.6 is 0 Å². The molecule has 0 bridgehead atoms. The summed E-state index contributed by atoms with van der Waals surface area (Å²) in [6.45, 7) is 8.80. The zero-order valence-corrected chi connectivity index (χ0v) is 16.1. The van der Waals surface area contributed by atoms with Crippen LogP contribution in [-0.2, 0) is 22.6 Å². The van der Waals surface area contributed by atoms with Crippen molar-refractivity contribution in [3.8, 4) is 5.75 Å². The number of aryl methyl sites for hydroxylation is 1. The summed E-state index contributed by atoms with van der Waals surface area (Å²) in [6, 6.07) is 16.1. The van der Waals surface area contributed by atoms with Gasteiger partial charge in [-0.3, -0.25) is 9.69 Å². The van der Waals surface area contributed by atoms with Crippen LogP contribution < -0.4 is 10.1 Å². The summed E-state index contributed by atoms with van der Waals surface area (Å²) in [7, 11) is 0. The molecule has 1 heterocycles. The van der Waals surface area contributed by atoms with Gasteiger partial charge in [0, 0.05) is 26.2 Å². The molecule has 0 aromatic heterocycles. The summed E-state index contributed by atoms with van der Waals surface area (Å²) >= 11 is 0. The van der Waals surface area contributed by atoms with Crippen molar-refractivity contribution in [1.29, 1.82) is 0 Å². The minimum atomic E-state index is -0.535. The summed E-state index contributed by atoms with van der Waals surface area (Å²) in [5.74, 6) is 0.596. The molecule has 144 valence electrons. The van der Waals surface area contributed by atoms with E-state index in [9.17, 15) is 4.79 Å². The van der Waals surface area contributed by atoms with E-state index >= 15 is 0 Å². The third kappa shape index (κ3) is 6.08. The van der Waals surface area contributed by atoms with Crippen LogP contribution in [0.2, 0.25) is 0 Å². The van der Waals surface area contributed by atoms with Gasteiger partial charge < -0.3 is 14.8 Å². The molecular weight excluding hydrogens is 340 g/mol. The van der Waals surface area contributed by atoms with Gasteiger partial charge >= 0.3 is 0 Å². The second kappa shape index (κ2) is 9.53. The maximum absolute atomic E-state index is 12.3. The first-order valence-corrected chi connectivity index (χ1v) is 9.49. The number of carbonyl (C=O) groups is 1. The molecule has 0 spiro atoms. The second-order valence-corrected chi connectivity index (χ2v) is 7.00. The molecule has 1 saturated heterocycles. The Morgan fingerprint density at radius 1 is 1.15 bits per heavy atom. The highest BCUT2D eigenvalue weighted by molar-refractivity contribution is 5.80. The average molecular weight is 368 g/mol. The molecule has 1 N–H and O–H groups in total. The lowest BCUT2D eigenvalue weighted by Gasteiger charge is -2.26. The fourth-order valence-corrected chi connectivity index (χ4v) is 3.06. The topological polar surface area (TPSA) is 50.8 Å². The molecule has 1 fully saturated rings. The lowest BCUT2D eigenvalue weighted by atomic mass is 10.1. The quantitative estimate of drug-likeness (QED) is 0.816. The first-order chi connectivity index (χ1) is 13.1. The molecule has 0 saturated carbocycles. The number of hydrogen-bond acceptors (Lipinski definition) is 4. The molecule has 5 heteroatoms. The lowest BCUT2D eigenvalue weighted by Crippen LogP contribution is -2.36. The molecule has 1 aliphatic heterocycles. The minimum absolute atomic E-state index is 0.117. The largest absolute Gasteiger partial charge is 0.481 e. The summed E-state index contributed by atoms with van der Waals surface area (Å²) in [5, 5.41) is 2.94. The van der Waals surface area contributed by atoms with Crippen LogP contribution in [0.3, 0.4) is 0 Å². The smallest absolute Gasteiger partial charge is 0.261 e. The molecule has 1 atom stereocenters. The molecule has 3 rings (SSSR count). The van der Waals surface area contributed by atoms with Crippen molar-refractivity contribution in [3.05, 3.63) is 65.2 Å². The van der Waals surface area contributed by atoms with Crippen LogP contribution in [0.4, 0.5) is 0 Å². The van der Waals surface area contributed by atoms with E-state index in [4.69, 9.17) is 9.47 Å². The van der Waals surface area contributed by atoms with Crippen LogP contribution in [0, 0.1) is 6.92 Å². The van der Waals surface area contributed by atoms with Crippen LogP contribution in [0.5, 0.6) is 5.75 Å². The highest BCUT2D eigenvalue weighted by Gasteiger charge is 2.14. The van der Waals surface area contributed by atoms with Crippen molar-refractivity contribution in [2.45, 2.75) is 33.0 Å². The van der Waals surface area contributed by atoms with Crippen molar-refractivity contribution < 1.29 is 14.3 Å². The van der Waals surface area contributed by atoms with Crippen molar-refractivity contribution >= 4 is 5.91 Å². The van der Waals surface area contributed by atoms with E-state index in [1.165, 1.54) is 5.56 Å². The number of carbonyl (C=O) groups excluding carboxylic acids is 1. The number of amides is 1. The Kier molecular flexibility index (Phi) is 6.85. The fraction of sp³-hybridized carbons (Fsp3) is 0.409. The number of nitrogens with zero attached hydrogens (tertiary/aromatic N) is 1. The van der Waals surface area contributed by atoms with Crippen LogP contribution in [0.15, 0.2) is 48.5 Å². The molecule has 27 heavy (non-hydrogen) atoms. The number of ether oxygens (including phenoxy) is 2. The predicted molar refractivity (Wildman–Crippen MR) is 106 cm³/mol. The molecule has 5 nitrogen and oxygen atoms in total. The number of hydrogen-bond donors (Lipinski definition) is 1. The van der Waals surface area contributed by atoms with E-state index < -0.39 is 6.10 Å². The van der Waals surface area contributed by atoms with Crippen molar-refractivity contribution in [2.24, 2.45) is 0 Å².